The first kappa shape index (κ1) is 43.8. The fourth-order valence-electron chi connectivity index (χ4n) is 11.7. The van der Waals surface area contributed by atoms with E-state index in [1.54, 1.807) is 14.2 Å². The minimum absolute atomic E-state index is 0.0248. The highest BCUT2D eigenvalue weighted by atomic mass is 32.1. The molecule has 0 bridgehead atoms. The smallest absolute Gasteiger partial charge is 0.306 e. The number of allylic oxidation sites excluding steroid dienone is 2. The summed E-state index contributed by atoms with van der Waals surface area (Å²) in [4.78, 5) is 38.1. The molecule has 3 aliphatic heterocycles. The van der Waals surface area contributed by atoms with Gasteiger partial charge in [-0.1, -0.05) is 19.9 Å². The summed E-state index contributed by atoms with van der Waals surface area (Å²) in [5.41, 5.74) is 1.85. The summed E-state index contributed by atoms with van der Waals surface area (Å²) in [7, 11) is 7.55. The Morgan fingerprint density at radius 3 is 2.34 bits per heavy atom. The molecule has 59 heavy (non-hydrogen) atoms. The van der Waals surface area contributed by atoms with Crippen LogP contribution in [-0.2, 0) is 47.5 Å². The van der Waals surface area contributed by atoms with Gasteiger partial charge in [0.2, 0.25) is 0 Å². The average molecular weight is 843 g/mol. The molecule has 0 aromatic carbocycles. The van der Waals surface area contributed by atoms with Crippen molar-refractivity contribution < 1.29 is 47.5 Å². The van der Waals surface area contributed by atoms with Crippen LogP contribution >= 0.6 is 11.3 Å². The van der Waals surface area contributed by atoms with E-state index in [2.05, 4.69) is 38.9 Å². The second-order valence-electron chi connectivity index (χ2n) is 18.8. The van der Waals surface area contributed by atoms with Crippen LogP contribution < -0.4 is 0 Å². The highest BCUT2D eigenvalue weighted by Gasteiger charge is 2.57. The van der Waals surface area contributed by atoms with E-state index >= 15 is 4.79 Å². The van der Waals surface area contributed by atoms with Crippen molar-refractivity contribution in [3.63, 3.8) is 0 Å². The summed E-state index contributed by atoms with van der Waals surface area (Å²) in [5.74, 6) is 0.0369. The van der Waals surface area contributed by atoms with Gasteiger partial charge in [0.1, 0.15) is 24.4 Å². The van der Waals surface area contributed by atoms with Crippen molar-refractivity contribution >= 4 is 23.1 Å². The number of esters is 1. The van der Waals surface area contributed by atoms with Crippen molar-refractivity contribution in [3.8, 4) is 0 Å². The SMILES string of the molecule is CCO[C@@H]1[C@@H](OC)[C@H](C)O[C@@H](O[C@H]2C[C@H]3[C@@H]4C=C5C(=O)[C@H](C)[C@@H](O[C@H]6CC[C@H](N(C)C)[C@@H](C)O6)CCC[C@H](CC)OC(=O)C[C@H]5[C@@H]4c4nc(C5CC5)sc4[C@@H]3C2)[C@@H]1OC. The topological polar surface area (TPSA) is 124 Å². The molecule has 330 valence electrons. The minimum atomic E-state index is -0.621. The molecule has 1 aromatic heterocycles. The number of likely N-dealkylation sites (N-methyl/N-ethyl adjacent to an activating group) is 1. The predicted octanol–water partition coefficient (Wildman–Crippen LogP) is 7.29. The number of aromatic nitrogens is 1. The number of methoxy groups -OCH3 is 2. The Kier molecular flexibility index (Phi) is 13.7. The molecule has 1 aromatic rings. The number of hydrogen-bond donors (Lipinski definition) is 0. The van der Waals surface area contributed by atoms with Crippen LogP contribution in [0.25, 0.3) is 0 Å². The second kappa shape index (κ2) is 18.5. The lowest BCUT2D eigenvalue weighted by atomic mass is 9.67. The number of cyclic esters (lactones) is 1. The summed E-state index contributed by atoms with van der Waals surface area (Å²) in [6.07, 6.45) is 8.25. The Labute approximate surface area is 355 Å². The highest BCUT2D eigenvalue weighted by Crippen LogP contribution is 2.63. The maximum Gasteiger partial charge on any atom is 0.306 e. The maximum atomic E-state index is 15.1. The number of nitrogens with zero attached hydrogens (tertiary/aromatic N) is 2. The fourth-order valence-corrected chi connectivity index (χ4v) is 13.2. The van der Waals surface area contributed by atoms with Crippen LogP contribution in [0.15, 0.2) is 11.6 Å². The lowest BCUT2D eigenvalue weighted by Gasteiger charge is -2.44. The zero-order valence-electron chi connectivity index (χ0n) is 36.8. The standard InChI is InChI=1S/C46H70N2O10S/c1-10-27-13-12-14-35(58-37-18-17-34(48(6)7)24(4)54-37)23(3)40(50)32-21-30-29-19-28(57-46-43(52-9)42(53-11-2)41(51-8)25(5)55-46)20-33(29)44-39(47-45(59-44)26-15-16-26)38(30)31(32)22-36(49)56-27/h21,23-31,33-35,37-38,41-43,46H,10-20,22H2,1-9H3/t23-,24-,25+,27+,28+,29+,30+,31-,33-,34+,35+,37+,38-,41+,42-,43-,46+/m1/s1. The Balaban J connectivity index is 1.10. The Bertz CT molecular complexity index is 1670. The summed E-state index contributed by atoms with van der Waals surface area (Å²) < 4.78 is 51.0. The maximum absolute atomic E-state index is 15.1. The zero-order valence-corrected chi connectivity index (χ0v) is 37.7. The normalized spacial score (nSPS) is 42.9. The molecule has 0 unspecified atom stereocenters. The lowest BCUT2D eigenvalue weighted by Crippen LogP contribution is -2.60. The molecule has 12 nitrogen and oxygen atoms in total. The van der Waals surface area contributed by atoms with Crippen LogP contribution in [0.3, 0.4) is 0 Å². The molecular weight excluding hydrogens is 773 g/mol. The number of thiazole rings is 1. The first-order chi connectivity index (χ1) is 28.4. The van der Waals surface area contributed by atoms with E-state index in [0.29, 0.717) is 25.0 Å². The van der Waals surface area contributed by atoms with Gasteiger partial charge >= 0.3 is 5.97 Å². The molecule has 0 amide bonds. The highest BCUT2D eigenvalue weighted by molar-refractivity contribution is 7.12. The van der Waals surface area contributed by atoms with E-state index in [4.69, 9.17) is 42.9 Å². The van der Waals surface area contributed by atoms with Gasteiger partial charge in [-0.3, -0.25) is 9.59 Å². The Morgan fingerprint density at radius 2 is 1.66 bits per heavy atom. The Hall–Kier alpha value is -1.81. The number of rotatable bonds is 11. The molecule has 0 radical (unpaired) electrons. The minimum Gasteiger partial charge on any atom is -0.462 e. The first-order valence-corrected chi connectivity index (χ1v) is 23.7. The number of carbonyl (C=O) groups excluding carboxylic acids is 2. The van der Waals surface area contributed by atoms with Crippen LogP contribution in [0.1, 0.15) is 139 Å². The third-order valence-corrected chi connectivity index (χ3v) is 16.3. The first-order valence-electron chi connectivity index (χ1n) is 22.9. The molecule has 4 heterocycles. The molecule has 8 rings (SSSR count). The lowest BCUT2D eigenvalue weighted by molar-refractivity contribution is -0.316. The largest absolute Gasteiger partial charge is 0.462 e. The third kappa shape index (κ3) is 8.77. The van der Waals surface area contributed by atoms with Gasteiger partial charge in [0.15, 0.2) is 18.4 Å². The van der Waals surface area contributed by atoms with Gasteiger partial charge in [0.25, 0.3) is 0 Å². The van der Waals surface area contributed by atoms with Gasteiger partial charge in [0.05, 0.1) is 41.5 Å². The summed E-state index contributed by atoms with van der Waals surface area (Å²) >= 11 is 1.86. The predicted molar refractivity (Wildman–Crippen MR) is 222 cm³/mol. The summed E-state index contributed by atoms with van der Waals surface area (Å²) in [6.45, 7) is 10.7. The number of Topliss-reactive ketones (excluding diaryl/α,β-unsaturated/α-hetero) is 1. The van der Waals surface area contributed by atoms with Crippen molar-refractivity contribution in [2.75, 3.05) is 34.9 Å². The van der Waals surface area contributed by atoms with Gasteiger partial charge in [-0.2, -0.15) is 0 Å². The molecule has 2 saturated carbocycles. The van der Waals surface area contributed by atoms with Crippen molar-refractivity contribution in [1.29, 1.82) is 0 Å². The van der Waals surface area contributed by atoms with E-state index in [1.165, 1.54) is 9.88 Å². The van der Waals surface area contributed by atoms with Gasteiger partial charge in [-0.25, -0.2) is 4.98 Å². The molecule has 7 aliphatic rings. The van der Waals surface area contributed by atoms with E-state index in [9.17, 15) is 4.79 Å². The second-order valence-corrected chi connectivity index (χ2v) is 19.9. The van der Waals surface area contributed by atoms with E-state index in [0.717, 1.165) is 69.1 Å². The molecule has 4 aliphatic carbocycles. The van der Waals surface area contributed by atoms with Gasteiger partial charge in [-0.15, -0.1) is 11.3 Å². The number of hydrogen-bond acceptors (Lipinski definition) is 13. The molecule has 5 fully saturated rings. The van der Waals surface area contributed by atoms with Gasteiger partial charge in [-0.05, 0) is 116 Å². The van der Waals surface area contributed by atoms with Crippen LogP contribution in [0.2, 0.25) is 0 Å². The molecule has 13 heteroatoms. The third-order valence-electron chi connectivity index (χ3n) is 14.9. The van der Waals surface area contributed by atoms with E-state index < -0.39 is 18.3 Å². The van der Waals surface area contributed by atoms with Gasteiger partial charge in [0, 0.05) is 61.3 Å². The van der Waals surface area contributed by atoms with E-state index in [1.807, 2.05) is 32.1 Å². The van der Waals surface area contributed by atoms with Gasteiger partial charge < -0.3 is 42.8 Å². The van der Waals surface area contributed by atoms with Crippen molar-refractivity contribution in [2.24, 2.45) is 23.7 Å². The number of fused-ring (bicyclic) bond motifs is 8. The molecule has 17 atom stereocenters. The van der Waals surface area contributed by atoms with Crippen LogP contribution in [-0.4, -0.2) is 124 Å². The molecule has 3 saturated heterocycles. The van der Waals surface area contributed by atoms with E-state index in [-0.39, 0.29) is 96.8 Å². The number of carbonyl (C=O) groups is 2. The Morgan fingerprint density at radius 1 is 0.881 bits per heavy atom. The fraction of sp³-hybridized carbons (Fsp3) is 0.848. The summed E-state index contributed by atoms with van der Waals surface area (Å²) in [5, 5.41) is 1.20. The average Bonchev–Trinajstić information content (AvgIpc) is 3.65. The molecule has 0 spiro atoms. The summed E-state index contributed by atoms with van der Waals surface area (Å²) in [6, 6.07) is 0.327. The van der Waals surface area contributed by atoms with Crippen molar-refractivity contribution in [1.82, 2.24) is 9.88 Å². The molecule has 0 N–H and O–H groups in total. The van der Waals surface area contributed by atoms with Crippen molar-refractivity contribution in [3.05, 3.63) is 27.2 Å². The quantitative estimate of drug-likeness (QED) is 0.208. The van der Waals surface area contributed by atoms with Crippen LogP contribution in [0.5, 0.6) is 0 Å². The number of ketones is 1. The monoisotopic (exact) mass is 842 g/mol. The van der Waals surface area contributed by atoms with Crippen molar-refractivity contribution in [2.45, 2.75) is 190 Å². The number of ether oxygens (including phenoxy) is 8. The zero-order chi connectivity index (χ0) is 41.7. The molecular formula is C46H70N2O10S. The van der Waals surface area contributed by atoms with Crippen LogP contribution in [0.4, 0.5) is 0 Å². The van der Waals surface area contributed by atoms with Crippen LogP contribution in [0, 0.1) is 23.7 Å².